The zero-order valence-electron chi connectivity index (χ0n) is 23.3. The second-order valence-electron chi connectivity index (χ2n) is 10.3. The van der Waals surface area contributed by atoms with Gasteiger partial charge in [0.15, 0.2) is 0 Å². The molecule has 5 rings (SSSR count). The van der Waals surface area contributed by atoms with Crippen LogP contribution in [0.2, 0.25) is 0 Å². The van der Waals surface area contributed by atoms with Gasteiger partial charge in [-0.25, -0.2) is 9.97 Å². The Balaban J connectivity index is 1.39. The Hall–Kier alpha value is -4.67. The maximum atomic E-state index is 13.2. The van der Waals surface area contributed by atoms with E-state index in [9.17, 15) is 9.59 Å². The first kappa shape index (κ1) is 26.9. The van der Waals surface area contributed by atoms with Crippen molar-refractivity contribution in [2.24, 2.45) is 5.73 Å². The van der Waals surface area contributed by atoms with E-state index in [2.05, 4.69) is 50.9 Å². The zero-order chi connectivity index (χ0) is 28.6. The molecule has 0 aliphatic rings. The van der Waals surface area contributed by atoms with Crippen molar-refractivity contribution < 1.29 is 9.59 Å². The van der Waals surface area contributed by atoms with Gasteiger partial charge >= 0.3 is 0 Å². The largest absolute Gasteiger partial charge is 0.369 e. The van der Waals surface area contributed by atoms with Crippen LogP contribution in [-0.4, -0.2) is 40.7 Å². The molecular formula is C29H35N9O2. The average Bonchev–Trinajstić information content (AvgIpc) is 3.57. The van der Waals surface area contributed by atoms with Crippen molar-refractivity contribution in [3.05, 3.63) is 65.0 Å². The molecule has 2 amide bonds. The van der Waals surface area contributed by atoms with Crippen LogP contribution in [0.4, 0.5) is 11.9 Å². The number of unbranched alkanes of at least 4 members (excludes halogenated alkanes) is 1. The monoisotopic (exact) mass is 541 g/mol. The van der Waals surface area contributed by atoms with Crippen molar-refractivity contribution in [1.29, 1.82) is 0 Å². The van der Waals surface area contributed by atoms with E-state index >= 15 is 0 Å². The molecule has 5 aromatic rings. The summed E-state index contributed by atoms with van der Waals surface area (Å²) in [4.78, 5) is 34.3. The number of carbonyl (C=O) groups is 2. The topological polar surface area (TPSA) is 152 Å². The highest BCUT2D eigenvalue weighted by Gasteiger charge is 2.19. The number of imidazole rings is 2. The molecule has 3 aromatic heterocycles. The number of benzene rings is 2. The number of amides is 2. The number of aryl methyl sites for hydroxylation is 4. The minimum absolute atomic E-state index is 0.298. The maximum Gasteiger partial charge on any atom is 0.276 e. The number of aromatic nitrogens is 6. The van der Waals surface area contributed by atoms with Gasteiger partial charge in [0.25, 0.3) is 5.91 Å². The van der Waals surface area contributed by atoms with Crippen LogP contribution in [0.5, 0.6) is 0 Å². The lowest BCUT2D eigenvalue weighted by atomic mass is 10.0. The number of anilines is 2. The lowest BCUT2D eigenvalue weighted by Crippen LogP contribution is -2.20. The minimum atomic E-state index is -0.532. The molecule has 2 aromatic carbocycles. The molecule has 0 atom stereocenters. The molecule has 0 saturated carbocycles. The van der Waals surface area contributed by atoms with Crippen LogP contribution in [0.1, 0.15) is 71.6 Å². The zero-order valence-corrected chi connectivity index (χ0v) is 23.3. The fourth-order valence-corrected chi connectivity index (χ4v) is 5.17. The highest BCUT2D eigenvalue weighted by molar-refractivity contribution is 6.03. The Morgan fingerprint density at radius 1 is 1.00 bits per heavy atom. The van der Waals surface area contributed by atoms with Gasteiger partial charge in [-0.1, -0.05) is 26.0 Å². The Bertz CT molecular complexity index is 1720. The number of carbonyl (C=O) groups excluding carboxylic acids is 2. The van der Waals surface area contributed by atoms with Gasteiger partial charge in [0, 0.05) is 25.2 Å². The predicted molar refractivity (Wildman–Crippen MR) is 156 cm³/mol. The summed E-state index contributed by atoms with van der Waals surface area (Å²) in [5.41, 5.74) is 17.9. The van der Waals surface area contributed by atoms with E-state index in [1.165, 1.54) is 5.56 Å². The molecule has 0 aliphatic carbocycles. The number of para-hydroxylation sites is 1. The van der Waals surface area contributed by atoms with Gasteiger partial charge in [-0.3, -0.25) is 19.6 Å². The normalized spacial score (nSPS) is 11.6. The molecule has 5 N–H and O–H groups in total. The highest BCUT2D eigenvalue weighted by atomic mass is 16.2. The Labute approximate surface area is 232 Å². The number of nitrogens with one attached hydrogen (secondary N) is 1. The molecule has 0 unspecified atom stereocenters. The number of nitrogens with zero attached hydrogens (tertiary/aromatic N) is 6. The standard InChI is InChI=1S/C29H35N9O2/c1-5-38-24(15-18(4)35-38)27(40)34-29-32-21-16-19(26(30)39)11-12-22(21)37(29)14-7-6-13-36-23-10-8-9-20(17(2)3)25(23)33-28(36)31/h8-12,15-17H,5-7,13-14H2,1-4H3,(H2,30,39)(H2,31,33)(H,32,34,40). The first-order chi connectivity index (χ1) is 19.2. The lowest BCUT2D eigenvalue weighted by Gasteiger charge is -2.12. The number of primary amides is 1. The van der Waals surface area contributed by atoms with Gasteiger partial charge in [-0.05, 0) is 68.5 Å². The van der Waals surface area contributed by atoms with Crippen molar-refractivity contribution in [3.63, 3.8) is 0 Å². The maximum absolute atomic E-state index is 13.2. The Morgan fingerprint density at radius 2 is 1.75 bits per heavy atom. The molecule has 0 radical (unpaired) electrons. The van der Waals surface area contributed by atoms with E-state index in [4.69, 9.17) is 11.5 Å². The summed E-state index contributed by atoms with van der Waals surface area (Å²) in [5, 5.41) is 7.33. The minimum Gasteiger partial charge on any atom is -0.369 e. The number of nitrogens with two attached hydrogens (primary N) is 2. The van der Waals surface area contributed by atoms with E-state index in [0.29, 0.717) is 54.2 Å². The van der Waals surface area contributed by atoms with Gasteiger partial charge in [-0.2, -0.15) is 5.10 Å². The Kier molecular flexibility index (Phi) is 7.29. The Morgan fingerprint density at radius 3 is 2.45 bits per heavy atom. The van der Waals surface area contributed by atoms with Crippen LogP contribution in [0, 0.1) is 6.92 Å². The second-order valence-corrected chi connectivity index (χ2v) is 10.3. The van der Waals surface area contributed by atoms with Crippen molar-refractivity contribution in [2.45, 2.75) is 66.1 Å². The molecule has 0 fully saturated rings. The molecule has 0 aliphatic heterocycles. The third kappa shape index (κ3) is 5.02. The summed E-state index contributed by atoms with van der Waals surface area (Å²) in [6, 6.07) is 13.1. The fourth-order valence-electron chi connectivity index (χ4n) is 5.17. The van der Waals surface area contributed by atoms with E-state index in [1.807, 2.05) is 30.5 Å². The first-order valence-electron chi connectivity index (χ1n) is 13.6. The van der Waals surface area contributed by atoms with E-state index in [0.717, 1.165) is 35.1 Å². The molecule has 40 heavy (non-hydrogen) atoms. The number of fused-ring (bicyclic) bond motifs is 2. The van der Waals surface area contributed by atoms with Gasteiger partial charge < -0.3 is 20.6 Å². The summed E-state index contributed by atoms with van der Waals surface area (Å²) >= 11 is 0. The highest BCUT2D eigenvalue weighted by Crippen LogP contribution is 2.27. The van der Waals surface area contributed by atoms with Crippen LogP contribution in [0.25, 0.3) is 22.1 Å². The second kappa shape index (κ2) is 10.8. The average molecular weight is 542 g/mol. The molecule has 0 spiro atoms. The van der Waals surface area contributed by atoms with Crippen molar-refractivity contribution in [1.82, 2.24) is 28.9 Å². The van der Waals surface area contributed by atoms with Gasteiger partial charge in [-0.15, -0.1) is 0 Å². The molecule has 3 heterocycles. The smallest absolute Gasteiger partial charge is 0.276 e. The van der Waals surface area contributed by atoms with Gasteiger partial charge in [0.2, 0.25) is 17.8 Å². The van der Waals surface area contributed by atoms with Crippen molar-refractivity contribution in [2.75, 3.05) is 11.1 Å². The molecule has 0 bridgehead atoms. The summed E-state index contributed by atoms with van der Waals surface area (Å²) in [7, 11) is 0. The van der Waals surface area contributed by atoms with Gasteiger partial charge in [0.05, 0.1) is 27.8 Å². The lowest BCUT2D eigenvalue weighted by molar-refractivity contribution is 0.0996. The van der Waals surface area contributed by atoms with E-state index < -0.39 is 5.91 Å². The molecule has 11 nitrogen and oxygen atoms in total. The number of hydrogen-bond acceptors (Lipinski definition) is 6. The van der Waals surface area contributed by atoms with Crippen LogP contribution < -0.4 is 16.8 Å². The summed E-state index contributed by atoms with van der Waals surface area (Å²) < 4.78 is 5.68. The van der Waals surface area contributed by atoms with Crippen molar-refractivity contribution >= 4 is 45.8 Å². The molecule has 208 valence electrons. The number of nitrogen functional groups attached to an aromatic ring is 1. The SMILES string of the molecule is CCn1nc(C)cc1C(=O)Nc1nc2cc(C(N)=O)ccc2n1CCCCn1c(N)nc2c(C(C)C)cccc21. The van der Waals surface area contributed by atoms with E-state index in [1.54, 1.807) is 22.9 Å². The predicted octanol–water partition coefficient (Wildman–Crippen LogP) is 4.45. The van der Waals surface area contributed by atoms with Crippen LogP contribution in [0.15, 0.2) is 42.5 Å². The quantitative estimate of drug-likeness (QED) is 0.222. The summed E-state index contributed by atoms with van der Waals surface area (Å²) in [5.74, 6) is 0.427. The van der Waals surface area contributed by atoms with Crippen LogP contribution in [0.3, 0.4) is 0 Å². The van der Waals surface area contributed by atoms with Crippen molar-refractivity contribution in [3.8, 4) is 0 Å². The van der Waals surface area contributed by atoms with E-state index in [-0.39, 0.29) is 5.91 Å². The fraction of sp³-hybridized carbons (Fsp3) is 0.345. The van der Waals surface area contributed by atoms with Crippen LogP contribution >= 0.6 is 0 Å². The third-order valence-electron chi connectivity index (χ3n) is 7.17. The third-order valence-corrected chi connectivity index (χ3v) is 7.17. The number of hydrogen-bond donors (Lipinski definition) is 3. The van der Waals surface area contributed by atoms with Gasteiger partial charge in [0.1, 0.15) is 5.69 Å². The van der Waals surface area contributed by atoms with Crippen LogP contribution in [-0.2, 0) is 19.6 Å². The summed E-state index contributed by atoms with van der Waals surface area (Å²) in [6.45, 7) is 9.96. The molecule has 0 saturated heterocycles. The number of rotatable bonds is 10. The molecular weight excluding hydrogens is 506 g/mol. The molecule has 11 heteroatoms. The first-order valence-corrected chi connectivity index (χ1v) is 13.6. The summed E-state index contributed by atoms with van der Waals surface area (Å²) in [6.07, 6.45) is 1.62.